The minimum absolute atomic E-state index is 0.127. The van der Waals surface area contributed by atoms with E-state index in [2.05, 4.69) is 4.98 Å². The maximum absolute atomic E-state index is 10.6. The summed E-state index contributed by atoms with van der Waals surface area (Å²) in [6, 6.07) is 0. The molecule has 0 amide bonds. The lowest BCUT2D eigenvalue weighted by molar-refractivity contribution is -0.136. The molecular formula is C11H15NO3S. The van der Waals surface area contributed by atoms with Gasteiger partial charge in [0, 0.05) is 0 Å². The third kappa shape index (κ3) is 2.58. The molecule has 0 saturated carbocycles. The Morgan fingerprint density at radius 2 is 2.44 bits per heavy atom. The molecule has 0 spiro atoms. The van der Waals surface area contributed by atoms with Gasteiger partial charge in [-0.2, -0.15) is 11.8 Å². The summed E-state index contributed by atoms with van der Waals surface area (Å²) in [6.45, 7) is 1.86. The van der Waals surface area contributed by atoms with Gasteiger partial charge in [0.1, 0.15) is 12.2 Å². The molecule has 88 valence electrons. The quantitative estimate of drug-likeness (QED) is 0.881. The molecule has 16 heavy (non-hydrogen) atoms. The Morgan fingerprint density at radius 3 is 3.06 bits per heavy atom. The lowest BCUT2D eigenvalue weighted by atomic mass is 10.1. The van der Waals surface area contributed by atoms with Crippen molar-refractivity contribution in [3.05, 3.63) is 17.3 Å². The van der Waals surface area contributed by atoms with E-state index in [1.807, 2.05) is 18.7 Å². The molecule has 1 aliphatic rings. The number of rotatable bonds is 3. The molecule has 2 rings (SSSR count). The summed E-state index contributed by atoms with van der Waals surface area (Å²) in [5, 5.41) is 9.06. The average Bonchev–Trinajstić information content (AvgIpc) is 2.60. The van der Waals surface area contributed by atoms with Gasteiger partial charge >= 0.3 is 5.97 Å². The van der Waals surface area contributed by atoms with Gasteiger partial charge in [0.25, 0.3) is 0 Å². The van der Waals surface area contributed by atoms with E-state index in [1.54, 1.807) is 0 Å². The van der Waals surface area contributed by atoms with Crippen molar-refractivity contribution in [3.8, 4) is 0 Å². The maximum Gasteiger partial charge on any atom is 0.312 e. The molecule has 0 bridgehead atoms. The summed E-state index contributed by atoms with van der Waals surface area (Å²) in [5.41, 5.74) is 0.945. The fraction of sp³-hybridized carbons (Fsp3) is 0.636. The first kappa shape index (κ1) is 11.5. The van der Waals surface area contributed by atoms with Crippen LogP contribution < -0.4 is 0 Å². The molecule has 2 heterocycles. The van der Waals surface area contributed by atoms with E-state index in [-0.39, 0.29) is 6.42 Å². The Hall–Kier alpha value is -0.970. The number of aliphatic carboxylic acids is 1. The molecular weight excluding hydrogens is 226 g/mol. The normalized spacial score (nSPS) is 20.9. The van der Waals surface area contributed by atoms with Gasteiger partial charge in [-0.05, 0) is 25.5 Å². The Kier molecular flexibility index (Phi) is 3.53. The summed E-state index contributed by atoms with van der Waals surface area (Å²) in [6.07, 6.45) is 3.47. The van der Waals surface area contributed by atoms with Crippen LogP contribution in [-0.4, -0.2) is 21.8 Å². The van der Waals surface area contributed by atoms with Crippen molar-refractivity contribution < 1.29 is 14.3 Å². The molecule has 4 nitrogen and oxygen atoms in total. The van der Waals surface area contributed by atoms with E-state index in [9.17, 15) is 4.79 Å². The first-order valence-corrected chi connectivity index (χ1v) is 6.51. The molecule has 0 aromatic carbocycles. The zero-order valence-electron chi connectivity index (χ0n) is 9.23. The molecule has 1 aliphatic heterocycles. The van der Waals surface area contributed by atoms with E-state index in [0.717, 1.165) is 23.6 Å². The van der Waals surface area contributed by atoms with Gasteiger partial charge in [-0.25, -0.2) is 4.98 Å². The van der Waals surface area contributed by atoms with E-state index in [0.29, 0.717) is 11.1 Å². The lowest BCUT2D eigenvalue weighted by Crippen LogP contribution is -2.04. The lowest BCUT2D eigenvalue weighted by Gasteiger charge is -2.19. The van der Waals surface area contributed by atoms with Gasteiger partial charge in [0.15, 0.2) is 0 Å². The van der Waals surface area contributed by atoms with E-state index < -0.39 is 5.97 Å². The number of aryl methyl sites for hydroxylation is 1. The van der Waals surface area contributed by atoms with Crippen LogP contribution >= 0.6 is 11.8 Å². The molecule has 5 heteroatoms. The highest BCUT2D eigenvalue weighted by Gasteiger charge is 2.23. The number of aromatic nitrogens is 1. The second-order valence-corrected chi connectivity index (χ2v) is 5.29. The number of thioether (sulfide) groups is 1. The monoisotopic (exact) mass is 241 g/mol. The minimum Gasteiger partial charge on any atom is -0.481 e. The van der Waals surface area contributed by atoms with Gasteiger partial charge in [0.2, 0.25) is 5.89 Å². The van der Waals surface area contributed by atoms with Crippen molar-refractivity contribution in [3.63, 3.8) is 0 Å². The van der Waals surface area contributed by atoms with Gasteiger partial charge in [-0.1, -0.05) is 6.42 Å². The first-order valence-electron chi connectivity index (χ1n) is 5.46. The number of hydrogen-bond donors (Lipinski definition) is 1. The Bertz CT molecular complexity index is 383. The van der Waals surface area contributed by atoms with Crippen LogP contribution in [0.1, 0.15) is 41.9 Å². The summed E-state index contributed by atoms with van der Waals surface area (Å²) >= 11 is 1.89. The predicted molar refractivity (Wildman–Crippen MR) is 61.6 cm³/mol. The van der Waals surface area contributed by atoms with Crippen molar-refractivity contribution in [2.45, 2.75) is 37.9 Å². The second kappa shape index (κ2) is 4.91. The number of carboxylic acid groups (broad SMARTS) is 1. The Labute approximate surface area is 98.4 Å². The second-order valence-electron chi connectivity index (χ2n) is 3.97. The SMILES string of the molecule is Cc1oc(CC(=O)O)nc1C1CCCCS1. The van der Waals surface area contributed by atoms with Crippen molar-refractivity contribution in [1.29, 1.82) is 0 Å². The van der Waals surface area contributed by atoms with Crippen molar-refractivity contribution in [2.24, 2.45) is 0 Å². The van der Waals surface area contributed by atoms with Crippen LogP contribution in [0.2, 0.25) is 0 Å². The van der Waals surface area contributed by atoms with Gasteiger partial charge < -0.3 is 9.52 Å². The van der Waals surface area contributed by atoms with Crippen LogP contribution in [-0.2, 0) is 11.2 Å². The molecule has 0 radical (unpaired) electrons. The average molecular weight is 241 g/mol. The highest BCUT2D eigenvalue weighted by atomic mass is 32.2. The van der Waals surface area contributed by atoms with Crippen LogP contribution in [0.25, 0.3) is 0 Å². The molecule has 1 N–H and O–H groups in total. The molecule has 1 aromatic heterocycles. The van der Waals surface area contributed by atoms with Gasteiger partial charge in [-0.3, -0.25) is 4.79 Å². The van der Waals surface area contributed by atoms with Crippen molar-refractivity contribution >= 4 is 17.7 Å². The molecule has 1 atom stereocenters. The first-order chi connectivity index (χ1) is 7.66. The number of carboxylic acids is 1. The largest absolute Gasteiger partial charge is 0.481 e. The fourth-order valence-corrected chi connectivity index (χ4v) is 3.29. The summed E-state index contributed by atoms with van der Waals surface area (Å²) in [7, 11) is 0. The number of hydrogen-bond acceptors (Lipinski definition) is 4. The third-order valence-electron chi connectivity index (χ3n) is 2.66. The van der Waals surface area contributed by atoms with Crippen LogP contribution in [0.3, 0.4) is 0 Å². The standard InChI is InChI=1S/C11H15NO3S/c1-7-11(8-4-2-3-5-16-8)12-9(15-7)6-10(13)14/h8H,2-6H2,1H3,(H,13,14). The summed E-state index contributed by atoms with van der Waals surface area (Å²) < 4.78 is 5.37. The van der Waals surface area contributed by atoms with Crippen molar-refractivity contribution in [1.82, 2.24) is 4.98 Å². The molecule has 1 unspecified atom stereocenters. The molecule has 1 aromatic rings. The third-order valence-corrected chi connectivity index (χ3v) is 4.05. The van der Waals surface area contributed by atoms with Crippen LogP contribution in [0, 0.1) is 6.92 Å². The van der Waals surface area contributed by atoms with Crippen LogP contribution in [0.5, 0.6) is 0 Å². The highest BCUT2D eigenvalue weighted by molar-refractivity contribution is 7.99. The number of carbonyl (C=O) groups is 1. The van der Waals surface area contributed by atoms with E-state index >= 15 is 0 Å². The smallest absolute Gasteiger partial charge is 0.312 e. The summed E-state index contributed by atoms with van der Waals surface area (Å²) in [5.74, 6) is 1.36. The molecule has 1 fully saturated rings. The Morgan fingerprint density at radius 1 is 1.62 bits per heavy atom. The number of nitrogens with zero attached hydrogens (tertiary/aromatic N) is 1. The zero-order chi connectivity index (χ0) is 11.5. The van der Waals surface area contributed by atoms with E-state index in [4.69, 9.17) is 9.52 Å². The van der Waals surface area contributed by atoms with E-state index in [1.165, 1.54) is 12.8 Å². The number of oxazole rings is 1. The minimum atomic E-state index is -0.899. The zero-order valence-corrected chi connectivity index (χ0v) is 10.0. The van der Waals surface area contributed by atoms with Crippen molar-refractivity contribution in [2.75, 3.05) is 5.75 Å². The highest BCUT2D eigenvalue weighted by Crippen LogP contribution is 2.39. The Balaban J connectivity index is 2.13. The predicted octanol–water partition coefficient (Wildman–Crippen LogP) is 2.57. The summed E-state index contributed by atoms with van der Waals surface area (Å²) in [4.78, 5) is 14.9. The molecule has 1 saturated heterocycles. The van der Waals surface area contributed by atoms with Crippen LogP contribution in [0.15, 0.2) is 4.42 Å². The topological polar surface area (TPSA) is 63.3 Å². The molecule has 0 aliphatic carbocycles. The maximum atomic E-state index is 10.6. The van der Waals surface area contributed by atoms with Gasteiger partial charge in [0.05, 0.1) is 10.9 Å². The van der Waals surface area contributed by atoms with Gasteiger partial charge in [-0.15, -0.1) is 0 Å². The fourth-order valence-electron chi connectivity index (χ4n) is 1.92. The van der Waals surface area contributed by atoms with Crippen LogP contribution in [0.4, 0.5) is 0 Å².